The number of hydrogen-bond donors (Lipinski definition) is 6. The van der Waals surface area contributed by atoms with E-state index in [4.69, 9.17) is 17.0 Å². The number of allylic oxidation sites excluding steroid dienone is 1. The summed E-state index contributed by atoms with van der Waals surface area (Å²) in [4.78, 5) is 12.7. The summed E-state index contributed by atoms with van der Waals surface area (Å²) in [6, 6.07) is 14.6. The lowest BCUT2D eigenvalue weighted by Crippen LogP contribution is -2.14. The molecule has 0 spiro atoms. The van der Waals surface area contributed by atoms with Gasteiger partial charge in [0.2, 0.25) is 11.1 Å². The maximum atomic E-state index is 14.9. The Morgan fingerprint density at radius 3 is 2.44 bits per heavy atom. The molecule has 0 aliphatic carbocycles. The zero-order chi connectivity index (χ0) is 25.0. The van der Waals surface area contributed by atoms with Crippen LogP contribution in [0.5, 0.6) is 11.5 Å². The Balaban J connectivity index is 1.90. The van der Waals surface area contributed by atoms with Crippen molar-refractivity contribution >= 4 is 34.1 Å². The number of amidine groups is 1. The van der Waals surface area contributed by atoms with Crippen LogP contribution in [0.15, 0.2) is 71.4 Å². The van der Waals surface area contributed by atoms with Gasteiger partial charge in [0.25, 0.3) is 5.91 Å². The number of amides is 1. The molecule has 3 rings (SSSR count). The van der Waals surface area contributed by atoms with Crippen molar-refractivity contribution in [3.05, 3.63) is 77.6 Å². The molecule has 9 nitrogen and oxygen atoms in total. The average molecular weight is 485 g/mol. The first kappa shape index (κ1) is 24.6. The van der Waals surface area contributed by atoms with Crippen LogP contribution in [0.25, 0.3) is 16.7 Å². The van der Waals surface area contributed by atoms with E-state index in [0.717, 1.165) is 0 Å². The third-order valence-corrected chi connectivity index (χ3v) is 5.84. The summed E-state index contributed by atoms with van der Waals surface area (Å²) in [5.74, 6) is 1.70. The first-order valence-electron chi connectivity index (χ1n) is 9.71. The number of carbonyl (C=O) groups is 1. The fourth-order valence-electron chi connectivity index (χ4n) is 3.18. The van der Waals surface area contributed by atoms with Gasteiger partial charge in [-0.3, -0.25) is 10.2 Å². The zero-order valence-corrected chi connectivity index (χ0v) is 18.7. The molecule has 176 valence electrons. The minimum atomic E-state index is -1.93. The highest BCUT2D eigenvalue weighted by atomic mass is 32.2. The standard InChI is InChI=1S/C23H21FN4O5S/c1-12(16-10-14(22(25)26)7-9-18(16)29)21(24)23(31)28-17-8-6-13(11-19(17)30)15-4-2-3-5-20(15)34(32)33-27/h2-11,29-30H,27H2,1H3,(H3,25,26)(H,28,31)/b21-12+. The molecule has 0 aliphatic heterocycles. The van der Waals surface area contributed by atoms with Crippen molar-refractivity contribution in [3.63, 3.8) is 0 Å². The molecule has 0 saturated carbocycles. The highest BCUT2D eigenvalue weighted by Gasteiger charge is 2.19. The Kier molecular flexibility index (Phi) is 7.41. The van der Waals surface area contributed by atoms with Crippen LogP contribution < -0.4 is 16.9 Å². The van der Waals surface area contributed by atoms with Crippen LogP contribution in [0.3, 0.4) is 0 Å². The topological polar surface area (TPSA) is 172 Å². The summed E-state index contributed by atoms with van der Waals surface area (Å²) in [6.07, 6.45) is 0. The second-order valence-electron chi connectivity index (χ2n) is 7.10. The Labute approximate surface area is 196 Å². The highest BCUT2D eigenvalue weighted by molar-refractivity contribution is 7.80. The number of phenols is 2. The van der Waals surface area contributed by atoms with Gasteiger partial charge >= 0.3 is 0 Å². The quantitative estimate of drug-likeness (QED) is 0.0981. The SMILES string of the molecule is C/C(=C(\F)C(=O)Nc1ccc(-c2ccccc2S(=O)ON)cc1O)c1cc(C(=N)N)ccc1O. The van der Waals surface area contributed by atoms with Gasteiger partial charge in [-0.1, -0.05) is 24.3 Å². The minimum absolute atomic E-state index is 0.00773. The smallest absolute Gasteiger partial charge is 0.284 e. The second-order valence-corrected chi connectivity index (χ2v) is 8.20. The zero-order valence-electron chi connectivity index (χ0n) is 17.8. The van der Waals surface area contributed by atoms with E-state index in [1.165, 1.54) is 43.3 Å². The van der Waals surface area contributed by atoms with Gasteiger partial charge in [0.1, 0.15) is 17.3 Å². The van der Waals surface area contributed by atoms with Crippen molar-refractivity contribution in [2.45, 2.75) is 11.8 Å². The molecule has 1 unspecified atom stereocenters. The Morgan fingerprint density at radius 1 is 1.09 bits per heavy atom. The van der Waals surface area contributed by atoms with E-state index >= 15 is 0 Å². The molecule has 3 aromatic carbocycles. The predicted molar refractivity (Wildman–Crippen MR) is 127 cm³/mol. The molecular formula is C23H21FN4O5S. The van der Waals surface area contributed by atoms with Crippen LogP contribution in [0.4, 0.5) is 10.1 Å². The number of aromatic hydroxyl groups is 2. The minimum Gasteiger partial charge on any atom is -0.507 e. The van der Waals surface area contributed by atoms with E-state index in [-0.39, 0.29) is 44.6 Å². The summed E-state index contributed by atoms with van der Waals surface area (Å²) >= 11 is -1.93. The van der Waals surface area contributed by atoms with Gasteiger partial charge in [-0.15, -0.1) is 0 Å². The van der Waals surface area contributed by atoms with Gasteiger partial charge in [-0.2, -0.15) is 10.2 Å². The number of carbonyl (C=O) groups excluding carboxylic acids is 1. The Bertz CT molecular complexity index is 1340. The van der Waals surface area contributed by atoms with Gasteiger partial charge in [0, 0.05) is 22.3 Å². The van der Waals surface area contributed by atoms with Gasteiger partial charge in [0.05, 0.1) is 10.6 Å². The molecule has 0 heterocycles. The summed E-state index contributed by atoms with van der Waals surface area (Å²) < 4.78 is 31.3. The van der Waals surface area contributed by atoms with Gasteiger partial charge in [-0.05, 0) is 48.9 Å². The fourth-order valence-corrected chi connectivity index (χ4v) is 3.84. The number of hydrogen-bond acceptors (Lipinski definition) is 7. The number of anilines is 1. The molecule has 1 atom stereocenters. The van der Waals surface area contributed by atoms with Crippen molar-refractivity contribution < 1.29 is 27.9 Å². The Hall–Kier alpha value is -4.06. The maximum absolute atomic E-state index is 14.9. The molecule has 0 fully saturated rings. The normalized spacial score (nSPS) is 12.6. The second kappa shape index (κ2) is 10.3. The van der Waals surface area contributed by atoms with Crippen LogP contribution in [0, 0.1) is 5.41 Å². The maximum Gasteiger partial charge on any atom is 0.284 e. The lowest BCUT2D eigenvalue weighted by Gasteiger charge is -2.12. The van der Waals surface area contributed by atoms with Crippen molar-refractivity contribution in [3.8, 4) is 22.6 Å². The lowest BCUT2D eigenvalue weighted by atomic mass is 10.0. The summed E-state index contributed by atoms with van der Waals surface area (Å²) in [5, 5.41) is 30.2. The third-order valence-electron chi connectivity index (χ3n) is 4.95. The number of benzene rings is 3. The van der Waals surface area contributed by atoms with E-state index < -0.39 is 22.8 Å². The number of nitrogen functional groups attached to an aromatic ring is 1. The first-order valence-corrected chi connectivity index (χ1v) is 10.8. The molecule has 0 saturated heterocycles. The highest BCUT2D eigenvalue weighted by Crippen LogP contribution is 2.34. The number of phenolic OH excluding ortho intramolecular Hbond substituents is 2. The summed E-state index contributed by atoms with van der Waals surface area (Å²) in [6.45, 7) is 1.29. The molecule has 11 heteroatoms. The van der Waals surface area contributed by atoms with E-state index in [2.05, 4.69) is 9.60 Å². The van der Waals surface area contributed by atoms with Crippen LogP contribution in [-0.2, 0) is 20.2 Å². The van der Waals surface area contributed by atoms with E-state index in [1.807, 2.05) is 0 Å². The van der Waals surface area contributed by atoms with E-state index in [1.54, 1.807) is 24.3 Å². The molecule has 3 aromatic rings. The van der Waals surface area contributed by atoms with Gasteiger partial charge in [0.15, 0.2) is 5.83 Å². The van der Waals surface area contributed by atoms with Crippen LogP contribution in [0.1, 0.15) is 18.1 Å². The van der Waals surface area contributed by atoms with Crippen LogP contribution in [-0.4, -0.2) is 26.2 Å². The van der Waals surface area contributed by atoms with E-state index in [0.29, 0.717) is 11.1 Å². The average Bonchev–Trinajstić information content (AvgIpc) is 2.83. The molecule has 0 aliphatic rings. The molecule has 0 aromatic heterocycles. The molecule has 0 radical (unpaired) electrons. The first-order chi connectivity index (χ1) is 16.1. The summed E-state index contributed by atoms with van der Waals surface area (Å²) in [7, 11) is 0. The molecule has 8 N–H and O–H groups in total. The molecule has 0 bridgehead atoms. The van der Waals surface area contributed by atoms with Gasteiger partial charge < -0.3 is 21.3 Å². The third kappa shape index (κ3) is 5.12. The van der Waals surface area contributed by atoms with Gasteiger partial charge in [-0.25, -0.2) is 8.60 Å². The van der Waals surface area contributed by atoms with E-state index in [9.17, 15) is 23.6 Å². The van der Waals surface area contributed by atoms with Crippen molar-refractivity contribution in [2.24, 2.45) is 11.6 Å². The van der Waals surface area contributed by atoms with Crippen LogP contribution in [0.2, 0.25) is 0 Å². The monoisotopic (exact) mass is 484 g/mol. The predicted octanol–water partition coefficient (Wildman–Crippen LogP) is 3.30. The largest absolute Gasteiger partial charge is 0.507 e. The fraction of sp³-hybridized carbons (Fsp3) is 0.0435. The van der Waals surface area contributed by atoms with Crippen LogP contribution >= 0.6 is 0 Å². The molecular weight excluding hydrogens is 463 g/mol. The summed E-state index contributed by atoms with van der Waals surface area (Å²) in [5.41, 5.74) is 6.33. The Morgan fingerprint density at radius 2 is 1.79 bits per heavy atom. The van der Waals surface area contributed by atoms with Crippen molar-refractivity contribution in [1.29, 1.82) is 5.41 Å². The number of nitrogens with two attached hydrogens (primary N) is 2. The molecule has 1 amide bonds. The van der Waals surface area contributed by atoms with Crippen molar-refractivity contribution in [1.82, 2.24) is 0 Å². The lowest BCUT2D eigenvalue weighted by molar-refractivity contribution is -0.114. The number of nitrogens with one attached hydrogen (secondary N) is 2. The van der Waals surface area contributed by atoms with Crippen molar-refractivity contribution in [2.75, 3.05) is 5.32 Å². The number of halogens is 1. The molecule has 34 heavy (non-hydrogen) atoms. The number of rotatable bonds is 7.